The van der Waals surface area contributed by atoms with Crippen molar-refractivity contribution in [2.75, 3.05) is 5.32 Å². The van der Waals surface area contributed by atoms with E-state index in [4.69, 9.17) is 0 Å². The van der Waals surface area contributed by atoms with Crippen molar-refractivity contribution in [3.63, 3.8) is 0 Å². The Bertz CT molecular complexity index is 653. The molecule has 1 nitrogen and oxygen atoms in total. The van der Waals surface area contributed by atoms with E-state index < -0.39 is 0 Å². The van der Waals surface area contributed by atoms with Gasteiger partial charge in [-0.05, 0) is 36.6 Å². The third-order valence-corrected chi connectivity index (χ3v) is 4.06. The lowest BCUT2D eigenvalue weighted by Crippen LogP contribution is -2.16. The second kappa shape index (κ2) is 6.01. The molecule has 0 bridgehead atoms. The van der Waals surface area contributed by atoms with Crippen LogP contribution in [-0.4, -0.2) is 0 Å². The summed E-state index contributed by atoms with van der Waals surface area (Å²) < 4.78 is 0. The van der Waals surface area contributed by atoms with Gasteiger partial charge in [0.25, 0.3) is 0 Å². The van der Waals surface area contributed by atoms with E-state index in [0.29, 0.717) is 11.8 Å². The molecule has 0 radical (unpaired) electrons. The molecule has 0 aliphatic heterocycles. The van der Waals surface area contributed by atoms with Crippen LogP contribution in [0.2, 0.25) is 0 Å². The smallest absolute Gasteiger partial charge is 0.0384 e. The van der Waals surface area contributed by atoms with Gasteiger partial charge in [0, 0.05) is 17.3 Å². The van der Waals surface area contributed by atoms with Crippen LogP contribution in [0.5, 0.6) is 0 Å². The summed E-state index contributed by atoms with van der Waals surface area (Å²) in [6.07, 6.45) is 4.60. The first-order chi connectivity index (χ1) is 10.2. The van der Waals surface area contributed by atoms with Gasteiger partial charge >= 0.3 is 0 Å². The highest BCUT2D eigenvalue weighted by molar-refractivity contribution is 5.53. The number of para-hydroxylation sites is 1. The predicted octanol–water partition coefficient (Wildman–Crippen LogP) is 5.36. The average molecular weight is 275 g/mol. The summed E-state index contributed by atoms with van der Waals surface area (Å²) >= 11 is 0. The van der Waals surface area contributed by atoms with E-state index >= 15 is 0 Å². The summed E-state index contributed by atoms with van der Waals surface area (Å²) in [6.45, 7) is 4.52. The zero-order valence-corrected chi connectivity index (χ0v) is 12.6. The van der Waals surface area contributed by atoms with Crippen molar-refractivity contribution < 1.29 is 0 Å². The second-order valence-corrected chi connectivity index (χ2v) is 5.75. The molecular weight excluding hydrogens is 254 g/mol. The van der Waals surface area contributed by atoms with Crippen molar-refractivity contribution in [2.24, 2.45) is 5.92 Å². The maximum atomic E-state index is 3.50. The summed E-state index contributed by atoms with van der Waals surface area (Å²) in [7, 11) is 0. The van der Waals surface area contributed by atoms with Gasteiger partial charge in [-0.2, -0.15) is 0 Å². The van der Waals surface area contributed by atoms with E-state index in [2.05, 4.69) is 85.9 Å². The Labute approximate surface area is 127 Å². The van der Waals surface area contributed by atoms with Crippen molar-refractivity contribution in [3.05, 3.63) is 89.6 Å². The Kier molecular flexibility index (Phi) is 3.92. The highest BCUT2D eigenvalue weighted by Crippen LogP contribution is 2.37. The van der Waals surface area contributed by atoms with Crippen molar-refractivity contribution in [3.8, 4) is 0 Å². The first-order valence-corrected chi connectivity index (χ1v) is 7.51. The van der Waals surface area contributed by atoms with Gasteiger partial charge in [0.05, 0.1) is 0 Å². The number of hydrogen-bond acceptors (Lipinski definition) is 1. The van der Waals surface area contributed by atoms with Crippen LogP contribution >= 0.6 is 0 Å². The lowest BCUT2D eigenvalue weighted by Gasteiger charge is -2.28. The minimum Gasteiger partial charge on any atom is -0.356 e. The molecule has 2 atom stereocenters. The number of nitrogens with one attached hydrogen (secondary N) is 1. The molecule has 3 rings (SSSR count). The molecule has 1 aliphatic carbocycles. The van der Waals surface area contributed by atoms with Crippen LogP contribution in [0.4, 0.5) is 5.69 Å². The lowest BCUT2D eigenvalue weighted by molar-refractivity contribution is 0.601. The number of hydrogen-bond donors (Lipinski definition) is 1. The molecule has 0 heterocycles. The van der Waals surface area contributed by atoms with E-state index in [-0.39, 0.29) is 0 Å². The fraction of sp³-hybridized carbons (Fsp3) is 0.200. The van der Waals surface area contributed by atoms with Crippen LogP contribution in [0.1, 0.15) is 25.3 Å². The Balaban J connectivity index is 1.82. The van der Waals surface area contributed by atoms with Crippen molar-refractivity contribution >= 4 is 5.69 Å². The summed E-state index contributed by atoms with van der Waals surface area (Å²) in [5.41, 5.74) is 5.14. The van der Waals surface area contributed by atoms with E-state index in [1.54, 1.807) is 0 Å². The largest absolute Gasteiger partial charge is 0.356 e. The van der Waals surface area contributed by atoms with Crippen molar-refractivity contribution in [2.45, 2.75) is 19.8 Å². The van der Waals surface area contributed by atoms with E-state index in [0.717, 1.165) is 5.69 Å². The molecule has 0 saturated heterocycles. The zero-order chi connectivity index (χ0) is 14.7. The predicted molar refractivity (Wildman–Crippen MR) is 90.3 cm³/mol. The maximum absolute atomic E-state index is 3.50. The topological polar surface area (TPSA) is 12.0 Å². The fourth-order valence-electron chi connectivity index (χ4n) is 3.17. The molecule has 1 heteroatoms. The Morgan fingerprint density at radius 1 is 0.857 bits per heavy atom. The van der Waals surface area contributed by atoms with Crippen molar-refractivity contribution in [1.82, 2.24) is 0 Å². The normalized spacial score (nSPS) is 21.4. The SMILES string of the molecule is CC1=CC(Nc2ccccc2)=CC(C)C1c1ccccc1. The molecule has 0 aromatic heterocycles. The lowest BCUT2D eigenvalue weighted by atomic mass is 9.78. The average Bonchev–Trinajstić information content (AvgIpc) is 2.49. The Morgan fingerprint density at radius 3 is 2.10 bits per heavy atom. The minimum absolute atomic E-state index is 0.479. The highest BCUT2D eigenvalue weighted by atomic mass is 14.9. The number of allylic oxidation sites excluding steroid dienone is 3. The molecular formula is C20H21N. The molecule has 1 aliphatic rings. The maximum Gasteiger partial charge on any atom is 0.0384 e. The van der Waals surface area contributed by atoms with Gasteiger partial charge in [-0.3, -0.25) is 0 Å². The fourth-order valence-corrected chi connectivity index (χ4v) is 3.17. The highest BCUT2D eigenvalue weighted by Gasteiger charge is 2.23. The summed E-state index contributed by atoms with van der Waals surface area (Å²) in [6, 6.07) is 21.1. The molecule has 2 aromatic rings. The van der Waals surface area contributed by atoms with Gasteiger partial charge in [0.1, 0.15) is 0 Å². The second-order valence-electron chi connectivity index (χ2n) is 5.75. The van der Waals surface area contributed by atoms with Crippen LogP contribution in [0.3, 0.4) is 0 Å². The zero-order valence-electron chi connectivity index (χ0n) is 12.6. The molecule has 0 spiro atoms. The van der Waals surface area contributed by atoms with E-state index in [1.807, 2.05) is 6.07 Å². The monoisotopic (exact) mass is 275 g/mol. The molecule has 0 fully saturated rings. The number of benzene rings is 2. The first kappa shape index (κ1) is 13.7. The van der Waals surface area contributed by atoms with Crippen LogP contribution in [-0.2, 0) is 0 Å². The van der Waals surface area contributed by atoms with Crippen LogP contribution in [0.15, 0.2) is 84.1 Å². The summed E-state index contributed by atoms with van der Waals surface area (Å²) in [4.78, 5) is 0. The third kappa shape index (κ3) is 3.08. The molecule has 2 unspecified atom stereocenters. The van der Waals surface area contributed by atoms with Gasteiger partial charge in [-0.15, -0.1) is 0 Å². The van der Waals surface area contributed by atoms with E-state index in [1.165, 1.54) is 16.8 Å². The summed E-state index contributed by atoms with van der Waals surface area (Å²) in [5, 5.41) is 3.50. The first-order valence-electron chi connectivity index (χ1n) is 7.51. The minimum atomic E-state index is 0.479. The standard InChI is InChI=1S/C20H21N/c1-15-13-19(21-18-11-7-4-8-12-18)14-16(2)20(15)17-9-5-3-6-10-17/h3-15,20-21H,1-2H3. The van der Waals surface area contributed by atoms with Gasteiger partial charge in [0.15, 0.2) is 0 Å². The molecule has 2 aromatic carbocycles. The van der Waals surface area contributed by atoms with Gasteiger partial charge < -0.3 is 5.32 Å². The van der Waals surface area contributed by atoms with Gasteiger partial charge in [-0.25, -0.2) is 0 Å². The van der Waals surface area contributed by atoms with Gasteiger partial charge in [0.2, 0.25) is 0 Å². The number of anilines is 1. The van der Waals surface area contributed by atoms with Crippen molar-refractivity contribution in [1.29, 1.82) is 0 Å². The molecule has 0 saturated carbocycles. The van der Waals surface area contributed by atoms with E-state index in [9.17, 15) is 0 Å². The quantitative estimate of drug-likeness (QED) is 0.795. The third-order valence-electron chi connectivity index (χ3n) is 4.06. The molecule has 1 N–H and O–H groups in total. The Hall–Kier alpha value is -2.28. The molecule has 21 heavy (non-hydrogen) atoms. The number of rotatable bonds is 3. The molecule has 106 valence electrons. The Morgan fingerprint density at radius 2 is 1.48 bits per heavy atom. The molecule has 0 amide bonds. The van der Waals surface area contributed by atoms with Gasteiger partial charge in [-0.1, -0.05) is 67.1 Å². The summed E-state index contributed by atoms with van der Waals surface area (Å²) in [5.74, 6) is 0.969. The van der Waals surface area contributed by atoms with Crippen LogP contribution in [0.25, 0.3) is 0 Å². The van der Waals surface area contributed by atoms with Crippen LogP contribution in [0, 0.1) is 5.92 Å². The van der Waals surface area contributed by atoms with Crippen LogP contribution < -0.4 is 5.32 Å².